The normalized spacial score (nSPS) is 15.3. The summed E-state index contributed by atoms with van der Waals surface area (Å²) in [5.41, 5.74) is 5.05. The molecule has 4 aromatic rings. The fraction of sp³-hybridized carbons (Fsp3) is 0.273. The van der Waals surface area contributed by atoms with Gasteiger partial charge < -0.3 is 15.0 Å². The zero-order valence-electron chi connectivity index (χ0n) is 16.4. The van der Waals surface area contributed by atoms with E-state index in [1.165, 1.54) is 5.56 Å². The number of carbonyl (C=O) groups is 1. The maximum absolute atomic E-state index is 11.6. The average molecular weight is 424 g/mol. The summed E-state index contributed by atoms with van der Waals surface area (Å²) < 4.78 is 0. The summed E-state index contributed by atoms with van der Waals surface area (Å²) in [4.78, 5) is 19.1. The minimum Gasteiger partial charge on any atom is -0.387 e. The zero-order valence-corrected chi connectivity index (χ0v) is 17.1. The van der Waals surface area contributed by atoms with Crippen LogP contribution in [0.1, 0.15) is 5.56 Å². The maximum atomic E-state index is 11.6. The van der Waals surface area contributed by atoms with E-state index in [9.17, 15) is 4.79 Å². The number of carbonyl (C=O) groups excluding carboxylic acids is 1. The van der Waals surface area contributed by atoms with Crippen molar-refractivity contribution in [3.63, 3.8) is 0 Å². The van der Waals surface area contributed by atoms with Gasteiger partial charge in [0.2, 0.25) is 5.91 Å². The Morgan fingerprint density at radius 1 is 1.07 bits per heavy atom. The van der Waals surface area contributed by atoms with Gasteiger partial charge in [0.15, 0.2) is 0 Å². The minimum atomic E-state index is -0.412. The number of aliphatic hydroxyl groups excluding tert-OH is 1. The number of rotatable bonds is 4. The maximum Gasteiger partial charge on any atom is 0.248 e. The highest BCUT2D eigenvalue weighted by Gasteiger charge is 2.20. The van der Waals surface area contributed by atoms with Crippen LogP contribution in [0.4, 0.5) is 0 Å². The third-order valence-corrected chi connectivity index (χ3v) is 5.97. The molecule has 2 aromatic carbocycles. The number of piperazine rings is 1. The first kappa shape index (κ1) is 19.1. The van der Waals surface area contributed by atoms with Gasteiger partial charge in [0.05, 0.1) is 11.2 Å². The van der Waals surface area contributed by atoms with E-state index in [1.54, 1.807) is 4.90 Å². The Bertz CT molecular complexity index is 1220. The molecule has 0 bridgehead atoms. The highest BCUT2D eigenvalue weighted by molar-refractivity contribution is 6.31. The van der Waals surface area contributed by atoms with Crippen LogP contribution in [0.2, 0.25) is 5.02 Å². The van der Waals surface area contributed by atoms with Gasteiger partial charge in [-0.2, -0.15) is 5.10 Å². The second kappa shape index (κ2) is 7.75. The Morgan fingerprint density at radius 2 is 1.90 bits per heavy atom. The first-order valence-corrected chi connectivity index (χ1v) is 10.3. The van der Waals surface area contributed by atoms with Gasteiger partial charge in [-0.05, 0) is 42.0 Å². The number of amides is 1. The number of aliphatic hydroxyl groups is 1. The third-order valence-electron chi connectivity index (χ3n) is 5.73. The standard InChI is InChI=1S/C22H22ClN5O2/c23-16-2-3-17-19(11-16)25-26-22(17)20-10-15-9-14(1-4-18(15)24-20)12-27-5-7-28(8-6-27)21(30)13-29/h1-4,9-11,24,29H,5-8,12-13H2,(H,25,26). The highest BCUT2D eigenvalue weighted by atomic mass is 35.5. The summed E-state index contributed by atoms with van der Waals surface area (Å²) >= 11 is 6.08. The topological polar surface area (TPSA) is 88.2 Å². The Hall–Kier alpha value is -2.87. The molecule has 0 spiro atoms. The zero-order chi connectivity index (χ0) is 20.7. The van der Waals surface area contributed by atoms with Crippen molar-refractivity contribution < 1.29 is 9.90 Å². The fourth-order valence-corrected chi connectivity index (χ4v) is 4.29. The molecular formula is C22H22ClN5O2. The molecule has 0 radical (unpaired) electrons. The van der Waals surface area contributed by atoms with Crippen molar-refractivity contribution in [2.24, 2.45) is 0 Å². The largest absolute Gasteiger partial charge is 0.387 e. The SMILES string of the molecule is O=C(CO)N1CCN(Cc2ccc3[nH]c(-c4n[nH]c5cc(Cl)ccc45)cc3c2)CC1. The van der Waals surface area contributed by atoms with Gasteiger partial charge in [-0.25, -0.2) is 0 Å². The van der Waals surface area contributed by atoms with Crippen LogP contribution in [0.25, 0.3) is 33.2 Å². The van der Waals surface area contributed by atoms with Crippen molar-refractivity contribution in [1.29, 1.82) is 0 Å². The molecule has 0 atom stereocenters. The number of halogens is 1. The Labute approximate surface area is 178 Å². The molecule has 1 fully saturated rings. The Morgan fingerprint density at radius 3 is 2.70 bits per heavy atom. The van der Waals surface area contributed by atoms with E-state index in [2.05, 4.69) is 44.3 Å². The fourth-order valence-electron chi connectivity index (χ4n) is 4.12. The summed E-state index contributed by atoms with van der Waals surface area (Å²) in [6.07, 6.45) is 0. The second-order valence-electron chi connectivity index (χ2n) is 7.68. The molecule has 2 aromatic heterocycles. The number of nitrogens with one attached hydrogen (secondary N) is 2. The molecule has 0 aliphatic carbocycles. The van der Waals surface area contributed by atoms with E-state index in [1.807, 2.05) is 18.2 Å². The van der Waals surface area contributed by atoms with E-state index in [-0.39, 0.29) is 5.91 Å². The van der Waals surface area contributed by atoms with E-state index < -0.39 is 6.61 Å². The summed E-state index contributed by atoms with van der Waals surface area (Å²) in [7, 11) is 0. The van der Waals surface area contributed by atoms with Crippen LogP contribution in [0, 0.1) is 0 Å². The molecule has 1 aliphatic rings. The molecule has 1 saturated heterocycles. The van der Waals surface area contributed by atoms with Crippen LogP contribution in [-0.2, 0) is 11.3 Å². The molecule has 3 heterocycles. The predicted octanol–water partition coefficient (Wildman–Crippen LogP) is 3.00. The van der Waals surface area contributed by atoms with Gasteiger partial charge >= 0.3 is 0 Å². The number of nitrogens with zero attached hydrogens (tertiary/aromatic N) is 3. The molecule has 30 heavy (non-hydrogen) atoms. The van der Waals surface area contributed by atoms with Crippen LogP contribution in [0.5, 0.6) is 0 Å². The molecule has 7 nitrogen and oxygen atoms in total. The third kappa shape index (κ3) is 3.56. The summed E-state index contributed by atoms with van der Waals surface area (Å²) in [6.45, 7) is 3.36. The van der Waals surface area contributed by atoms with Crippen molar-refractivity contribution in [1.82, 2.24) is 25.0 Å². The number of hydrogen-bond acceptors (Lipinski definition) is 4. The molecule has 5 rings (SSSR count). The van der Waals surface area contributed by atoms with Gasteiger partial charge in [-0.3, -0.25) is 14.8 Å². The predicted molar refractivity (Wildman–Crippen MR) is 117 cm³/mol. The van der Waals surface area contributed by atoms with Gasteiger partial charge in [0.1, 0.15) is 12.3 Å². The molecule has 3 N–H and O–H groups in total. The molecule has 8 heteroatoms. The number of fused-ring (bicyclic) bond motifs is 2. The lowest BCUT2D eigenvalue weighted by Gasteiger charge is -2.34. The van der Waals surface area contributed by atoms with Gasteiger partial charge in [0.25, 0.3) is 0 Å². The number of H-pyrrole nitrogens is 2. The van der Waals surface area contributed by atoms with Crippen LogP contribution in [0.15, 0.2) is 42.5 Å². The summed E-state index contributed by atoms with van der Waals surface area (Å²) in [5.74, 6) is -0.191. The molecule has 154 valence electrons. The van der Waals surface area contributed by atoms with Gasteiger partial charge in [-0.1, -0.05) is 17.7 Å². The smallest absolute Gasteiger partial charge is 0.248 e. The van der Waals surface area contributed by atoms with E-state index >= 15 is 0 Å². The van der Waals surface area contributed by atoms with Gasteiger partial charge in [-0.15, -0.1) is 0 Å². The first-order valence-electron chi connectivity index (χ1n) is 9.97. The summed E-state index contributed by atoms with van der Waals surface area (Å²) in [5, 5.41) is 19.4. The average Bonchev–Trinajstić information content (AvgIpc) is 3.36. The minimum absolute atomic E-state index is 0.191. The lowest BCUT2D eigenvalue weighted by molar-refractivity contribution is -0.135. The lowest BCUT2D eigenvalue weighted by Crippen LogP contribution is -2.49. The quantitative estimate of drug-likeness (QED) is 0.471. The van der Waals surface area contributed by atoms with Crippen molar-refractivity contribution in [2.45, 2.75) is 6.54 Å². The second-order valence-corrected chi connectivity index (χ2v) is 8.12. The van der Waals surface area contributed by atoms with Crippen LogP contribution in [0.3, 0.4) is 0 Å². The Balaban J connectivity index is 1.35. The number of aromatic amines is 2. The van der Waals surface area contributed by atoms with Crippen LogP contribution in [-0.4, -0.2) is 68.8 Å². The van der Waals surface area contributed by atoms with Crippen molar-refractivity contribution in [2.75, 3.05) is 32.8 Å². The van der Waals surface area contributed by atoms with Crippen molar-refractivity contribution in [3.8, 4) is 11.4 Å². The van der Waals surface area contributed by atoms with Crippen molar-refractivity contribution in [3.05, 3.63) is 53.1 Å². The van der Waals surface area contributed by atoms with E-state index in [4.69, 9.17) is 16.7 Å². The number of benzene rings is 2. The lowest BCUT2D eigenvalue weighted by atomic mass is 10.1. The van der Waals surface area contributed by atoms with Gasteiger partial charge in [0, 0.05) is 54.0 Å². The Kier molecular flexibility index (Phi) is 4.94. The van der Waals surface area contributed by atoms with Crippen LogP contribution < -0.4 is 0 Å². The molecular weight excluding hydrogens is 402 g/mol. The first-order chi connectivity index (χ1) is 14.6. The monoisotopic (exact) mass is 423 g/mol. The van der Waals surface area contributed by atoms with Crippen molar-refractivity contribution >= 4 is 39.3 Å². The number of hydrogen-bond donors (Lipinski definition) is 3. The van der Waals surface area contributed by atoms with E-state index in [0.717, 1.165) is 52.8 Å². The van der Waals surface area contributed by atoms with Crippen LogP contribution >= 0.6 is 11.6 Å². The molecule has 0 unspecified atom stereocenters. The van der Waals surface area contributed by atoms with E-state index in [0.29, 0.717) is 18.1 Å². The molecule has 1 amide bonds. The molecule has 0 saturated carbocycles. The summed E-state index contributed by atoms with van der Waals surface area (Å²) in [6, 6.07) is 14.3. The highest BCUT2D eigenvalue weighted by Crippen LogP contribution is 2.30. The molecule has 1 aliphatic heterocycles. The number of aromatic nitrogens is 3.